The Morgan fingerprint density at radius 1 is 1.54 bits per heavy atom. The highest BCUT2D eigenvalue weighted by molar-refractivity contribution is 5.50. The second-order valence-electron chi connectivity index (χ2n) is 2.79. The largest absolute Gasteiger partial charge is 0.395 e. The van der Waals surface area contributed by atoms with Crippen LogP contribution in [0.1, 0.15) is 6.92 Å². The van der Waals surface area contributed by atoms with Gasteiger partial charge in [0.15, 0.2) is 0 Å². The summed E-state index contributed by atoms with van der Waals surface area (Å²) < 4.78 is 1.42. The fourth-order valence-corrected chi connectivity index (χ4v) is 1.27. The molecule has 0 fully saturated rings. The van der Waals surface area contributed by atoms with Crippen LogP contribution in [0.4, 0.5) is 11.6 Å². The first kappa shape index (κ1) is 9.73. The average molecular weight is 184 g/mol. The third-order valence-electron chi connectivity index (χ3n) is 2.00. The normalized spacial score (nSPS) is 10.3. The first-order chi connectivity index (χ1) is 6.20. The Bertz CT molecular complexity index is 271. The van der Waals surface area contributed by atoms with Gasteiger partial charge in [0.05, 0.1) is 6.61 Å². The van der Waals surface area contributed by atoms with E-state index in [0.29, 0.717) is 12.4 Å². The third kappa shape index (κ3) is 1.86. The minimum Gasteiger partial charge on any atom is -0.395 e. The standard InChI is InChI=1S/C8H16N4O/c1-2-11(5-6-13)8-4-3-7(9)12(8)10/h3-4,13H,2,5-6,9-10H2,1H3. The van der Waals surface area contributed by atoms with Gasteiger partial charge in [0, 0.05) is 13.1 Å². The monoisotopic (exact) mass is 184 g/mol. The van der Waals surface area contributed by atoms with E-state index in [1.165, 1.54) is 4.68 Å². The second-order valence-corrected chi connectivity index (χ2v) is 2.79. The zero-order valence-electron chi connectivity index (χ0n) is 7.77. The van der Waals surface area contributed by atoms with Gasteiger partial charge in [-0.2, -0.15) is 0 Å². The lowest BCUT2D eigenvalue weighted by molar-refractivity contribution is 0.302. The summed E-state index contributed by atoms with van der Waals surface area (Å²) in [5, 5.41) is 8.80. The minimum atomic E-state index is 0.110. The summed E-state index contributed by atoms with van der Waals surface area (Å²) in [5.41, 5.74) is 5.58. The molecule has 5 heteroatoms. The number of hydrogen-bond donors (Lipinski definition) is 3. The van der Waals surface area contributed by atoms with E-state index >= 15 is 0 Å². The summed E-state index contributed by atoms with van der Waals surface area (Å²) in [4.78, 5) is 1.95. The maximum atomic E-state index is 8.80. The van der Waals surface area contributed by atoms with E-state index in [-0.39, 0.29) is 6.61 Å². The van der Waals surface area contributed by atoms with Gasteiger partial charge in [0.1, 0.15) is 11.6 Å². The summed E-state index contributed by atoms with van der Waals surface area (Å²) in [6.07, 6.45) is 0. The fourth-order valence-electron chi connectivity index (χ4n) is 1.27. The molecule has 0 atom stereocenters. The van der Waals surface area contributed by atoms with Gasteiger partial charge in [-0.25, -0.2) is 4.68 Å². The van der Waals surface area contributed by atoms with Gasteiger partial charge in [-0.3, -0.25) is 0 Å². The number of anilines is 2. The van der Waals surface area contributed by atoms with Crippen molar-refractivity contribution < 1.29 is 5.11 Å². The molecule has 0 spiro atoms. The van der Waals surface area contributed by atoms with Crippen molar-refractivity contribution in [2.24, 2.45) is 0 Å². The van der Waals surface area contributed by atoms with E-state index in [2.05, 4.69) is 0 Å². The molecule has 0 saturated carbocycles. The van der Waals surface area contributed by atoms with Gasteiger partial charge in [-0.15, -0.1) is 0 Å². The van der Waals surface area contributed by atoms with Crippen LogP contribution in [0.25, 0.3) is 0 Å². The molecule has 5 N–H and O–H groups in total. The van der Waals surface area contributed by atoms with Crippen molar-refractivity contribution in [3.8, 4) is 0 Å². The smallest absolute Gasteiger partial charge is 0.129 e. The van der Waals surface area contributed by atoms with E-state index in [1.54, 1.807) is 6.07 Å². The van der Waals surface area contributed by atoms with Crippen LogP contribution in [0.3, 0.4) is 0 Å². The molecule has 0 saturated heterocycles. The predicted molar refractivity (Wildman–Crippen MR) is 54.0 cm³/mol. The number of aliphatic hydroxyl groups is 1. The van der Waals surface area contributed by atoms with Crippen LogP contribution < -0.4 is 16.5 Å². The van der Waals surface area contributed by atoms with Gasteiger partial charge >= 0.3 is 0 Å². The summed E-state index contributed by atoms with van der Waals surface area (Å²) in [7, 11) is 0. The topological polar surface area (TPSA) is 80.4 Å². The van der Waals surface area contributed by atoms with E-state index in [4.69, 9.17) is 16.7 Å². The molecule has 0 aliphatic rings. The summed E-state index contributed by atoms with van der Waals surface area (Å²) in [6.45, 7) is 3.47. The summed E-state index contributed by atoms with van der Waals surface area (Å²) in [6, 6.07) is 3.59. The molecule has 1 aromatic heterocycles. The summed E-state index contributed by atoms with van der Waals surface area (Å²) in [5.74, 6) is 7.03. The minimum absolute atomic E-state index is 0.110. The number of hydrogen-bond acceptors (Lipinski definition) is 4. The molecule has 0 radical (unpaired) electrons. The van der Waals surface area contributed by atoms with E-state index in [0.717, 1.165) is 12.4 Å². The molecule has 0 bridgehead atoms. The Kier molecular flexibility index (Phi) is 3.02. The summed E-state index contributed by atoms with van der Waals surface area (Å²) >= 11 is 0. The van der Waals surface area contributed by atoms with E-state index in [9.17, 15) is 0 Å². The molecule has 1 heterocycles. The van der Waals surface area contributed by atoms with Crippen molar-refractivity contribution in [2.45, 2.75) is 6.92 Å². The van der Waals surface area contributed by atoms with E-state index in [1.807, 2.05) is 17.9 Å². The molecular weight excluding hydrogens is 168 g/mol. The third-order valence-corrected chi connectivity index (χ3v) is 2.00. The van der Waals surface area contributed by atoms with Crippen molar-refractivity contribution >= 4 is 11.6 Å². The van der Waals surface area contributed by atoms with Crippen LogP contribution >= 0.6 is 0 Å². The molecule has 0 aliphatic heterocycles. The van der Waals surface area contributed by atoms with Crippen LogP contribution in [0.2, 0.25) is 0 Å². The molecule has 1 aromatic rings. The quantitative estimate of drug-likeness (QED) is 0.556. The lowest BCUT2D eigenvalue weighted by Crippen LogP contribution is -2.30. The van der Waals surface area contributed by atoms with Gasteiger partial charge in [0.25, 0.3) is 0 Å². The van der Waals surface area contributed by atoms with Crippen molar-refractivity contribution in [3.63, 3.8) is 0 Å². The highest BCUT2D eigenvalue weighted by Gasteiger charge is 2.08. The number of nitrogen functional groups attached to an aromatic ring is 2. The van der Waals surface area contributed by atoms with Gasteiger partial charge in [-0.1, -0.05) is 0 Å². The number of nitrogens with two attached hydrogens (primary N) is 2. The lowest BCUT2D eigenvalue weighted by Gasteiger charge is -2.21. The maximum Gasteiger partial charge on any atom is 0.129 e. The lowest BCUT2D eigenvalue weighted by atomic mass is 10.4. The number of aromatic nitrogens is 1. The number of aliphatic hydroxyl groups excluding tert-OH is 1. The molecule has 74 valence electrons. The first-order valence-electron chi connectivity index (χ1n) is 4.28. The van der Waals surface area contributed by atoms with Gasteiger partial charge in [-0.05, 0) is 19.1 Å². The molecule has 5 nitrogen and oxygen atoms in total. The first-order valence-corrected chi connectivity index (χ1v) is 4.28. The Morgan fingerprint density at radius 3 is 2.62 bits per heavy atom. The van der Waals surface area contributed by atoms with Crippen molar-refractivity contribution in [2.75, 3.05) is 36.2 Å². The number of likely N-dealkylation sites (N-methyl/N-ethyl adjacent to an activating group) is 1. The maximum absolute atomic E-state index is 8.80. The van der Waals surface area contributed by atoms with Crippen molar-refractivity contribution in [1.29, 1.82) is 0 Å². The zero-order valence-corrected chi connectivity index (χ0v) is 7.77. The van der Waals surface area contributed by atoms with E-state index < -0.39 is 0 Å². The van der Waals surface area contributed by atoms with Crippen molar-refractivity contribution in [3.05, 3.63) is 12.1 Å². The SMILES string of the molecule is CCN(CCO)c1ccc(N)n1N. The molecule has 13 heavy (non-hydrogen) atoms. The highest BCUT2D eigenvalue weighted by atomic mass is 16.3. The Labute approximate surface area is 77.5 Å². The molecular formula is C8H16N4O. The van der Waals surface area contributed by atoms with Gasteiger partial charge in [0.2, 0.25) is 0 Å². The molecule has 1 rings (SSSR count). The second kappa shape index (κ2) is 4.04. The Balaban J connectivity index is 2.84. The number of rotatable bonds is 4. The van der Waals surface area contributed by atoms with Crippen LogP contribution in [0.15, 0.2) is 12.1 Å². The van der Waals surface area contributed by atoms with Crippen LogP contribution in [-0.2, 0) is 0 Å². The fraction of sp³-hybridized carbons (Fsp3) is 0.500. The average Bonchev–Trinajstić information content (AvgIpc) is 2.45. The molecule has 0 aromatic carbocycles. The Morgan fingerprint density at radius 2 is 2.23 bits per heavy atom. The van der Waals surface area contributed by atoms with Gasteiger partial charge < -0.3 is 21.6 Å². The van der Waals surface area contributed by atoms with Crippen LogP contribution in [0, 0.1) is 0 Å². The number of nitrogens with zero attached hydrogens (tertiary/aromatic N) is 2. The van der Waals surface area contributed by atoms with Crippen LogP contribution in [-0.4, -0.2) is 29.5 Å². The predicted octanol–water partition coefficient (Wildman–Crippen LogP) is -0.397. The zero-order chi connectivity index (χ0) is 9.84. The highest BCUT2D eigenvalue weighted by Crippen LogP contribution is 2.16. The van der Waals surface area contributed by atoms with Crippen LogP contribution in [0.5, 0.6) is 0 Å². The molecule has 0 aliphatic carbocycles. The van der Waals surface area contributed by atoms with Crippen molar-refractivity contribution in [1.82, 2.24) is 4.68 Å². The molecule has 0 amide bonds. The molecule has 0 unspecified atom stereocenters. The Hall–Kier alpha value is -1.36.